The molecule has 3 aliphatic carbocycles. The van der Waals surface area contributed by atoms with E-state index >= 15 is 0 Å². The van der Waals surface area contributed by atoms with Gasteiger partial charge in [0.05, 0.1) is 6.26 Å². The molecule has 0 unspecified atom stereocenters. The smallest absolute Gasteiger partial charge is 0.102 e. The molecule has 0 amide bonds. The molecule has 0 N–H and O–H groups in total. The first-order valence-electron chi connectivity index (χ1n) is 13.6. The highest BCUT2D eigenvalue weighted by atomic mass is 16.5. The fourth-order valence-corrected chi connectivity index (χ4v) is 6.99. The molecule has 3 aliphatic rings. The Kier molecular flexibility index (Phi) is 8.93. The van der Waals surface area contributed by atoms with Gasteiger partial charge >= 0.3 is 0 Å². The van der Waals surface area contributed by atoms with E-state index in [1.54, 1.807) is 5.57 Å². The molecule has 0 spiro atoms. The van der Waals surface area contributed by atoms with Crippen LogP contribution in [0.3, 0.4) is 0 Å². The third kappa shape index (κ3) is 6.21. The van der Waals surface area contributed by atoms with Crippen molar-refractivity contribution in [2.45, 2.75) is 118 Å². The van der Waals surface area contributed by atoms with Crippen molar-refractivity contribution in [2.24, 2.45) is 29.1 Å². The average Bonchev–Trinajstić information content (AvgIpc) is 3.09. The zero-order valence-corrected chi connectivity index (χ0v) is 22.0. The summed E-state index contributed by atoms with van der Waals surface area (Å²) in [6, 6.07) is 0. The molecule has 3 fully saturated rings. The SMILES string of the molecule is C=C1CC[C@H](OC=C(C)C)C/C1=C/C=C1\CCC[C@]2(C)[C@@H]([C@H](C)CCCC(C)C)CC[C@@H]12. The number of allylic oxidation sites excluding steroid dienone is 5. The predicted molar refractivity (Wildman–Crippen MR) is 139 cm³/mol. The highest BCUT2D eigenvalue weighted by Crippen LogP contribution is 2.60. The molecule has 0 aromatic heterocycles. The highest BCUT2D eigenvalue weighted by molar-refractivity contribution is 5.36. The van der Waals surface area contributed by atoms with Crippen molar-refractivity contribution in [1.29, 1.82) is 0 Å². The third-order valence-electron chi connectivity index (χ3n) is 8.83. The van der Waals surface area contributed by atoms with Gasteiger partial charge in [-0.25, -0.2) is 0 Å². The molecule has 0 aliphatic heterocycles. The van der Waals surface area contributed by atoms with Gasteiger partial charge < -0.3 is 4.74 Å². The average molecular weight is 439 g/mol. The topological polar surface area (TPSA) is 9.23 Å². The van der Waals surface area contributed by atoms with Gasteiger partial charge in [-0.15, -0.1) is 0 Å². The van der Waals surface area contributed by atoms with Crippen molar-refractivity contribution in [3.05, 3.63) is 47.3 Å². The van der Waals surface area contributed by atoms with Crippen LogP contribution in [0.25, 0.3) is 0 Å². The Morgan fingerprint density at radius 2 is 1.88 bits per heavy atom. The van der Waals surface area contributed by atoms with Crippen LogP contribution in [0.1, 0.15) is 112 Å². The van der Waals surface area contributed by atoms with Gasteiger partial charge in [-0.2, -0.15) is 0 Å². The van der Waals surface area contributed by atoms with Gasteiger partial charge in [-0.05, 0) is 99.0 Å². The van der Waals surface area contributed by atoms with Crippen molar-refractivity contribution < 1.29 is 4.74 Å². The summed E-state index contributed by atoms with van der Waals surface area (Å²) in [5.74, 6) is 3.41. The molecule has 0 bridgehead atoms. The van der Waals surface area contributed by atoms with Crippen LogP contribution in [0.4, 0.5) is 0 Å². The second-order valence-electron chi connectivity index (χ2n) is 12.1. The summed E-state index contributed by atoms with van der Waals surface area (Å²) in [7, 11) is 0. The lowest BCUT2D eigenvalue weighted by Gasteiger charge is -2.44. The van der Waals surface area contributed by atoms with Crippen LogP contribution in [0.15, 0.2) is 47.3 Å². The molecule has 0 aromatic carbocycles. The van der Waals surface area contributed by atoms with Gasteiger partial charge in [-0.3, -0.25) is 0 Å². The molecule has 3 saturated carbocycles. The fraction of sp³-hybridized carbons (Fsp3) is 0.742. The normalized spacial score (nSPS) is 34.1. The first kappa shape index (κ1) is 25.4. The summed E-state index contributed by atoms with van der Waals surface area (Å²) in [6.07, 6.45) is 21.5. The van der Waals surface area contributed by atoms with Crippen molar-refractivity contribution in [2.75, 3.05) is 0 Å². The molecule has 32 heavy (non-hydrogen) atoms. The minimum absolute atomic E-state index is 0.305. The van der Waals surface area contributed by atoms with Crippen molar-refractivity contribution >= 4 is 0 Å². The summed E-state index contributed by atoms with van der Waals surface area (Å²) in [6.45, 7) is 18.5. The Morgan fingerprint density at radius 3 is 2.59 bits per heavy atom. The van der Waals surface area contributed by atoms with Crippen LogP contribution in [-0.4, -0.2) is 6.10 Å². The number of rotatable bonds is 8. The molecule has 180 valence electrons. The second-order valence-corrected chi connectivity index (χ2v) is 12.1. The Labute approximate surface area is 199 Å². The number of ether oxygens (including phenoxy) is 1. The van der Waals surface area contributed by atoms with Crippen LogP contribution < -0.4 is 0 Å². The van der Waals surface area contributed by atoms with Gasteiger partial charge in [0.1, 0.15) is 6.10 Å². The molecular formula is C31H50O. The minimum atomic E-state index is 0.305. The number of hydrogen-bond acceptors (Lipinski definition) is 1. The number of fused-ring (bicyclic) bond motifs is 1. The summed E-state index contributed by atoms with van der Waals surface area (Å²) in [4.78, 5) is 0. The Hall–Kier alpha value is -1.24. The summed E-state index contributed by atoms with van der Waals surface area (Å²) < 4.78 is 6.02. The summed E-state index contributed by atoms with van der Waals surface area (Å²) in [5.41, 5.74) is 6.21. The number of hydrogen-bond donors (Lipinski definition) is 0. The van der Waals surface area contributed by atoms with Gasteiger partial charge in [0.25, 0.3) is 0 Å². The van der Waals surface area contributed by atoms with Crippen molar-refractivity contribution in [3.8, 4) is 0 Å². The van der Waals surface area contributed by atoms with Crippen LogP contribution in [0, 0.1) is 29.1 Å². The van der Waals surface area contributed by atoms with Crippen molar-refractivity contribution in [3.63, 3.8) is 0 Å². The lowest BCUT2D eigenvalue weighted by Crippen LogP contribution is -2.36. The molecule has 1 nitrogen and oxygen atoms in total. The first-order valence-corrected chi connectivity index (χ1v) is 13.6. The third-order valence-corrected chi connectivity index (χ3v) is 8.83. The maximum absolute atomic E-state index is 6.02. The van der Waals surface area contributed by atoms with E-state index in [1.807, 2.05) is 6.26 Å². The second kappa shape index (κ2) is 11.3. The molecule has 0 radical (unpaired) electrons. The van der Waals surface area contributed by atoms with Gasteiger partial charge in [0, 0.05) is 6.42 Å². The first-order chi connectivity index (χ1) is 15.2. The molecule has 1 heteroatoms. The van der Waals surface area contributed by atoms with Crippen molar-refractivity contribution in [1.82, 2.24) is 0 Å². The van der Waals surface area contributed by atoms with E-state index in [9.17, 15) is 0 Å². The van der Waals surface area contributed by atoms with E-state index < -0.39 is 0 Å². The maximum Gasteiger partial charge on any atom is 0.102 e. The molecule has 0 aromatic rings. The van der Waals surface area contributed by atoms with Crippen LogP contribution >= 0.6 is 0 Å². The quantitative estimate of drug-likeness (QED) is 0.343. The Morgan fingerprint density at radius 1 is 1.09 bits per heavy atom. The molecule has 3 rings (SSSR count). The Balaban J connectivity index is 1.68. The lowest BCUT2D eigenvalue weighted by atomic mass is 9.60. The zero-order chi connectivity index (χ0) is 23.3. The van der Waals surface area contributed by atoms with Gasteiger partial charge in [-0.1, -0.05) is 76.8 Å². The fourth-order valence-electron chi connectivity index (χ4n) is 6.99. The maximum atomic E-state index is 6.02. The van der Waals surface area contributed by atoms with E-state index in [2.05, 4.69) is 60.3 Å². The van der Waals surface area contributed by atoms with E-state index in [1.165, 1.54) is 68.1 Å². The van der Waals surface area contributed by atoms with E-state index in [0.29, 0.717) is 11.5 Å². The van der Waals surface area contributed by atoms with Gasteiger partial charge in [0.15, 0.2) is 0 Å². The Bertz CT molecular complexity index is 732. The summed E-state index contributed by atoms with van der Waals surface area (Å²) in [5, 5.41) is 0. The molecule has 0 heterocycles. The predicted octanol–water partition coefficient (Wildman–Crippen LogP) is 9.57. The monoisotopic (exact) mass is 438 g/mol. The molecule has 5 atom stereocenters. The van der Waals surface area contributed by atoms with Gasteiger partial charge in [0.2, 0.25) is 0 Å². The highest BCUT2D eigenvalue weighted by Gasteiger charge is 2.50. The van der Waals surface area contributed by atoms with Crippen LogP contribution in [0.2, 0.25) is 0 Å². The van der Waals surface area contributed by atoms with E-state index in [-0.39, 0.29) is 0 Å². The molecular weight excluding hydrogens is 388 g/mol. The summed E-state index contributed by atoms with van der Waals surface area (Å²) >= 11 is 0. The van der Waals surface area contributed by atoms with Crippen LogP contribution in [0.5, 0.6) is 0 Å². The minimum Gasteiger partial charge on any atom is -0.498 e. The van der Waals surface area contributed by atoms with Crippen LogP contribution in [-0.2, 0) is 4.74 Å². The lowest BCUT2D eigenvalue weighted by molar-refractivity contribution is 0.0928. The van der Waals surface area contributed by atoms with E-state index in [0.717, 1.165) is 42.9 Å². The largest absolute Gasteiger partial charge is 0.498 e. The zero-order valence-electron chi connectivity index (χ0n) is 22.0. The molecule has 0 saturated heterocycles. The van der Waals surface area contributed by atoms with E-state index in [4.69, 9.17) is 4.74 Å². The standard InChI is InChI=1S/C31H50O/c1-22(2)10-8-11-25(6)29-17-18-30-26(12-9-19-31(29,30)7)14-15-27-20-28(16-13-24(27)5)32-21-23(3)4/h14-15,21-22,25,28-30H,5,8-13,16-20H2,1-4,6-7H3/b26-14+,27-15-/t25-,28+,29-,30+,31-/m1/s1.